The highest BCUT2D eigenvalue weighted by Crippen LogP contribution is 2.20. The molecule has 0 aromatic heterocycles. The molecule has 1 saturated heterocycles. The average molecular weight is 294 g/mol. The lowest BCUT2D eigenvalue weighted by Crippen LogP contribution is -2.46. The van der Waals surface area contributed by atoms with Crippen molar-refractivity contribution in [2.75, 3.05) is 26.8 Å². The van der Waals surface area contributed by atoms with Gasteiger partial charge in [0.15, 0.2) is 0 Å². The van der Waals surface area contributed by atoms with Crippen molar-refractivity contribution in [3.05, 3.63) is 0 Å². The second-order valence-corrected chi connectivity index (χ2v) is 6.62. The molecule has 0 atom stereocenters. The average Bonchev–Trinajstić information content (AvgIpc) is 2.37. The fourth-order valence-corrected chi connectivity index (χ4v) is 2.84. The fraction of sp³-hybridized carbons (Fsp3) is 0.909. The Hall–Kier alpha value is -0.700. The summed E-state index contributed by atoms with van der Waals surface area (Å²) in [5.74, 6) is -0.248. The number of ether oxygens (including phenoxy) is 1. The van der Waals surface area contributed by atoms with Crippen LogP contribution in [0.5, 0.6) is 0 Å². The second-order valence-electron chi connectivity index (χ2n) is 4.99. The van der Waals surface area contributed by atoms with Gasteiger partial charge >= 0.3 is 16.2 Å². The van der Waals surface area contributed by atoms with Gasteiger partial charge in [-0.1, -0.05) is 18.7 Å². The van der Waals surface area contributed by atoms with Crippen LogP contribution in [0.15, 0.2) is 0 Å². The summed E-state index contributed by atoms with van der Waals surface area (Å²) in [5, 5.41) is 0. The highest BCUT2D eigenvalue weighted by molar-refractivity contribution is 7.87. The molecule has 0 unspecified atom stereocenters. The van der Waals surface area contributed by atoms with Crippen LogP contribution in [-0.4, -0.2) is 45.5 Å². The van der Waals surface area contributed by atoms with Crippen molar-refractivity contribution in [2.45, 2.75) is 26.7 Å². The Morgan fingerprint density at radius 1 is 1.37 bits per heavy atom. The molecule has 1 N–H and O–H groups in total. The number of esters is 1. The van der Waals surface area contributed by atoms with Gasteiger partial charge in [0.25, 0.3) is 0 Å². The van der Waals surface area contributed by atoms with Crippen LogP contribution in [0.1, 0.15) is 26.7 Å². The minimum atomic E-state index is -3.63. The molecule has 0 bridgehead atoms. The van der Waals surface area contributed by atoms with E-state index in [0.717, 1.165) is 0 Å². The predicted molar refractivity (Wildman–Crippen MR) is 69.2 cm³/mol. The highest BCUT2D eigenvalue weighted by atomic mass is 32.2. The molecule has 0 saturated carbocycles. The first-order valence-corrected chi connectivity index (χ1v) is 7.77. The molecule has 0 amide bonds. The van der Waals surface area contributed by atoms with E-state index in [1.54, 1.807) is 0 Å². The van der Waals surface area contributed by atoms with Crippen molar-refractivity contribution < 1.29 is 22.8 Å². The number of nitrogens with zero attached hydrogens (tertiary/aromatic N) is 1. The van der Waals surface area contributed by atoms with Gasteiger partial charge in [0.05, 0.1) is 19.6 Å². The minimum Gasteiger partial charge on any atom is -0.469 e. The van der Waals surface area contributed by atoms with Crippen LogP contribution in [0.4, 0.5) is 0 Å². The Morgan fingerprint density at radius 3 is 2.42 bits per heavy atom. The molecule has 1 aliphatic rings. The summed E-state index contributed by atoms with van der Waals surface area (Å²) in [4.78, 5) is 18.4. The first-order chi connectivity index (χ1) is 8.86. The zero-order valence-electron chi connectivity index (χ0n) is 11.6. The van der Waals surface area contributed by atoms with Crippen LogP contribution in [0, 0.1) is 11.8 Å². The summed E-state index contributed by atoms with van der Waals surface area (Å²) in [6.07, 6.45) is 0.940. The van der Waals surface area contributed by atoms with Crippen LogP contribution < -0.4 is 4.89 Å². The molecule has 1 fully saturated rings. The summed E-state index contributed by atoms with van der Waals surface area (Å²) in [7, 11) is -2.29. The fourth-order valence-electron chi connectivity index (χ4n) is 1.83. The van der Waals surface area contributed by atoms with Gasteiger partial charge in [0.2, 0.25) is 0 Å². The number of nitrogens with one attached hydrogen (secondary N) is 1. The molecule has 0 spiro atoms. The van der Waals surface area contributed by atoms with Crippen molar-refractivity contribution >= 4 is 16.2 Å². The molecule has 0 radical (unpaired) electrons. The molecule has 1 aliphatic heterocycles. The molecule has 19 heavy (non-hydrogen) atoms. The van der Waals surface area contributed by atoms with Crippen LogP contribution in [0.25, 0.3) is 0 Å². The maximum Gasteiger partial charge on any atom is 0.308 e. The number of methoxy groups -OCH3 is 1. The van der Waals surface area contributed by atoms with Gasteiger partial charge < -0.3 is 4.74 Å². The molecular formula is C11H22N2O5S. The molecular weight excluding hydrogens is 272 g/mol. The van der Waals surface area contributed by atoms with Crippen LogP contribution in [0.2, 0.25) is 0 Å². The zero-order chi connectivity index (χ0) is 14.5. The topological polar surface area (TPSA) is 84.9 Å². The first-order valence-electron chi connectivity index (χ1n) is 6.33. The smallest absolute Gasteiger partial charge is 0.308 e. The summed E-state index contributed by atoms with van der Waals surface area (Å²) < 4.78 is 29.7. The number of carbonyl (C=O) groups is 1. The molecule has 0 aromatic rings. The van der Waals surface area contributed by atoms with Crippen molar-refractivity contribution in [1.82, 2.24) is 9.19 Å². The van der Waals surface area contributed by atoms with Crippen molar-refractivity contribution in [3.8, 4) is 0 Å². The summed E-state index contributed by atoms with van der Waals surface area (Å²) in [6, 6.07) is 0. The van der Waals surface area contributed by atoms with Crippen LogP contribution >= 0.6 is 0 Å². The van der Waals surface area contributed by atoms with Gasteiger partial charge in [-0.3, -0.25) is 9.63 Å². The molecule has 1 heterocycles. The van der Waals surface area contributed by atoms with Gasteiger partial charge in [-0.15, -0.1) is 0 Å². The van der Waals surface area contributed by atoms with E-state index in [2.05, 4.69) is 9.62 Å². The van der Waals surface area contributed by atoms with Crippen LogP contribution in [0.3, 0.4) is 0 Å². The summed E-state index contributed by atoms with van der Waals surface area (Å²) >= 11 is 0. The van der Waals surface area contributed by atoms with E-state index in [9.17, 15) is 13.2 Å². The van der Waals surface area contributed by atoms with E-state index in [4.69, 9.17) is 4.84 Å². The Morgan fingerprint density at radius 2 is 1.95 bits per heavy atom. The standard InChI is InChI=1S/C11H22N2O5S/c1-9(2)8-18-12-19(15,16)13-6-4-10(5-7-13)11(14)17-3/h9-10,12H,4-8H2,1-3H3. The quantitative estimate of drug-likeness (QED) is 0.562. The van der Waals surface area contributed by atoms with E-state index in [1.807, 2.05) is 13.8 Å². The molecule has 0 aromatic carbocycles. The maximum absolute atomic E-state index is 11.9. The normalized spacial score (nSPS) is 18.7. The molecule has 1 rings (SSSR count). The number of hydrogen-bond acceptors (Lipinski definition) is 5. The van der Waals surface area contributed by atoms with Crippen molar-refractivity contribution in [2.24, 2.45) is 11.8 Å². The Balaban J connectivity index is 2.43. The number of piperidine rings is 1. The van der Waals surface area contributed by atoms with Gasteiger partial charge in [-0.05, 0) is 18.8 Å². The third-order valence-corrected chi connectivity index (χ3v) is 4.28. The molecule has 7 nitrogen and oxygen atoms in total. The largest absolute Gasteiger partial charge is 0.469 e. The Bertz CT molecular complexity index is 388. The third-order valence-electron chi connectivity index (χ3n) is 2.91. The lowest BCUT2D eigenvalue weighted by Gasteiger charge is -2.29. The Kier molecular flexibility index (Phi) is 6.18. The van der Waals surface area contributed by atoms with Crippen molar-refractivity contribution in [1.29, 1.82) is 0 Å². The molecule has 8 heteroatoms. The summed E-state index contributed by atoms with van der Waals surface area (Å²) in [5.41, 5.74) is 0. The number of rotatable bonds is 6. The highest BCUT2D eigenvalue weighted by Gasteiger charge is 2.31. The minimum absolute atomic E-state index is 0.215. The molecule has 112 valence electrons. The van der Waals surface area contributed by atoms with Gasteiger partial charge in [0, 0.05) is 13.1 Å². The lowest BCUT2D eigenvalue weighted by atomic mass is 9.99. The number of carbonyl (C=O) groups excluding carboxylic acids is 1. The molecule has 0 aliphatic carbocycles. The third kappa shape index (κ3) is 5.06. The van der Waals surface area contributed by atoms with Crippen molar-refractivity contribution in [3.63, 3.8) is 0 Å². The monoisotopic (exact) mass is 294 g/mol. The Labute approximate surface area is 114 Å². The summed E-state index contributed by atoms with van der Waals surface area (Å²) in [6.45, 7) is 4.75. The van der Waals surface area contributed by atoms with E-state index < -0.39 is 10.2 Å². The first kappa shape index (κ1) is 16.4. The van der Waals surface area contributed by atoms with E-state index in [-0.39, 0.29) is 17.8 Å². The SMILES string of the molecule is COC(=O)C1CCN(S(=O)(=O)NOCC(C)C)CC1. The predicted octanol–water partition coefficient (Wildman–Crippen LogP) is 0.293. The van der Waals surface area contributed by atoms with Gasteiger partial charge in [0.1, 0.15) is 0 Å². The van der Waals surface area contributed by atoms with E-state index in [0.29, 0.717) is 32.5 Å². The van der Waals surface area contributed by atoms with Crippen LogP contribution in [-0.2, 0) is 24.6 Å². The maximum atomic E-state index is 11.9. The van der Waals surface area contributed by atoms with E-state index in [1.165, 1.54) is 11.4 Å². The second kappa shape index (κ2) is 7.18. The van der Waals surface area contributed by atoms with Gasteiger partial charge in [-0.2, -0.15) is 12.7 Å². The zero-order valence-corrected chi connectivity index (χ0v) is 12.4. The lowest BCUT2D eigenvalue weighted by molar-refractivity contribution is -0.146. The van der Waals surface area contributed by atoms with E-state index >= 15 is 0 Å². The van der Waals surface area contributed by atoms with Gasteiger partial charge in [-0.25, -0.2) is 0 Å². The number of hydrogen-bond donors (Lipinski definition) is 1.